The van der Waals surface area contributed by atoms with Gasteiger partial charge in [-0.15, -0.1) is 0 Å². The first-order valence-corrected chi connectivity index (χ1v) is 3.51. The summed E-state index contributed by atoms with van der Waals surface area (Å²) >= 11 is 0.584. The van der Waals surface area contributed by atoms with Gasteiger partial charge in [0, 0.05) is 0 Å². The molecule has 0 spiro atoms. The Morgan fingerprint density at radius 1 is 1.60 bits per heavy atom. The molecule has 30 valence electrons. The summed E-state index contributed by atoms with van der Waals surface area (Å²) in [7, 11) is 0. The predicted octanol–water partition coefficient (Wildman–Crippen LogP) is -0.0405. The molecule has 0 aromatic heterocycles. The average Bonchev–Trinajstić information content (AvgIpc) is 1.38. The van der Waals surface area contributed by atoms with Gasteiger partial charge in [-0.25, -0.2) is 0 Å². The van der Waals surface area contributed by atoms with E-state index in [0.717, 1.165) is 0 Å². The van der Waals surface area contributed by atoms with Crippen molar-refractivity contribution in [1.82, 2.24) is 0 Å². The Hall–Kier alpha value is 0.596. The van der Waals surface area contributed by atoms with E-state index in [4.69, 9.17) is 3.53 Å². The van der Waals surface area contributed by atoms with E-state index in [0.29, 0.717) is 25.1 Å². The van der Waals surface area contributed by atoms with Gasteiger partial charge < -0.3 is 0 Å². The van der Waals surface area contributed by atoms with E-state index in [1.54, 1.807) is 0 Å². The molecule has 0 atom stereocenters. The summed E-state index contributed by atoms with van der Waals surface area (Å²) in [6.07, 6.45) is 0.468. The van der Waals surface area contributed by atoms with Gasteiger partial charge in [0.15, 0.2) is 0 Å². The van der Waals surface area contributed by atoms with Crippen molar-refractivity contribution in [1.29, 1.82) is 0 Å². The summed E-state index contributed by atoms with van der Waals surface area (Å²) in [6, 6.07) is 0. The van der Waals surface area contributed by atoms with Crippen molar-refractivity contribution in [3.05, 3.63) is 0 Å². The van der Waals surface area contributed by atoms with Crippen LogP contribution in [0.2, 0.25) is 0 Å². The van der Waals surface area contributed by atoms with Crippen LogP contribution in [0.5, 0.6) is 0 Å². The van der Waals surface area contributed by atoms with Gasteiger partial charge in [-0.3, -0.25) is 0 Å². The third kappa shape index (κ3) is 4.60. The van der Waals surface area contributed by atoms with Gasteiger partial charge >= 0.3 is 42.4 Å². The molecule has 0 aliphatic carbocycles. The van der Waals surface area contributed by atoms with Gasteiger partial charge in [0.05, 0.1) is 0 Å². The predicted molar refractivity (Wildman–Crippen MR) is 24.8 cm³/mol. The van der Waals surface area contributed by atoms with Crippen LogP contribution in [0, 0.1) is 0 Å². The van der Waals surface area contributed by atoms with Crippen molar-refractivity contribution < 1.29 is 3.53 Å². The molecule has 0 bridgehead atoms. The molecule has 0 aromatic carbocycles. The van der Waals surface area contributed by atoms with Crippen LogP contribution in [0.25, 0.3) is 0 Å². The maximum absolute atomic E-state index is 4.94. The van der Waals surface area contributed by atoms with Crippen molar-refractivity contribution >= 4 is 19.0 Å². The van der Waals surface area contributed by atoms with Crippen molar-refractivity contribution in [3.63, 3.8) is 0 Å². The van der Waals surface area contributed by atoms with E-state index in [-0.39, 0.29) is 0 Å². The molecule has 1 nitrogen and oxygen atoms in total. The van der Waals surface area contributed by atoms with Crippen LogP contribution in [0.4, 0.5) is 0 Å². The number of rotatable bonds is 1. The van der Waals surface area contributed by atoms with Gasteiger partial charge in [-0.2, -0.15) is 0 Å². The molecule has 0 fully saturated rings. The molecular formula is C3H9GaO. The van der Waals surface area contributed by atoms with Crippen LogP contribution in [-0.4, -0.2) is 25.1 Å². The molecule has 0 heterocycles. The topological polar surface area (TPSA) is 9.23 Å². The van der Waals surface area contributed by atoms with Crippen LogP contribution in [0.15, 0.2) is 0 Å². The summed E-state index contributed by atoms with van der Waals surface area (Å²) in [4.78, 5) is 0. The summed E-state index contributed by atoms with van der Waals surface area (Å²) in [5.74, 6) is 0. The molecule has 0 saturated heterocycles. The molecule has 0 aliphatic heterocycles. The van der Waals surface area contributed by atoms with E-state index in [9.17, 15) is 0 Å². The second-order valence-electron chi connectivity index (χ2n) is 1.28. The normalized spacial score (nSPS) is 9.40. The summed E-state index contributed by atoms with van der Waals surface area (Å²) in [5.41, 5.74) is 0. The number of hydrogen-bond acceptors (Lipinski definition) is 1. The molecule has 0 N–H and O–H groups in total. The maximum atomic E-state index is 4.94. The van der Waals surface area contributed by atoms with Gasteiger partial charge in [-0.1, -0.05) is 0 Å². The Bertz CT molecular complexity index is 20.9. The third-order valence-electron chi connectivity index (χ3n) is 0.471. The minimum atomic E-state index is 0.468. The second kappa shape index (κ2) is 2.81. The Morgan fingerprint density at radius 2 is 1.80 bits per heavy atom. The molecule has 0 radical (unpaired) electrons. The first kappa shape index (κ1) is 5.60. The van der Waals surface area contributed by atoms with E-state index in [2.05, 4.69) is 0 Å². The summed E-state index contributed by atoms with van der Waals surface area (Å²) in [6.45, 7) is 4.09. The molecule has 0 aliphatic rings. The molecule has 0 saturated carbocycles. The van der Waals surface area contributed by atoms with Crippen molar-refractivity contribution in [2.24, 2.45) is 0 Å². The van der Waals surface area contributed by atoms with E-state index < -0.39 is 0 Å². The van der Waals surface area contributed by atoms with Gasteiger partial charge in [0.2, 0.25) is 0 Å². The zero-order chi connectivity index (χ0) is 4.28. The van der Waals surface area contributed by atoms with Crippen molar-refractivity contribution in [2.45, 2.75) is 20.0 Å². The molecule has 0 aromatic rings. The fraction of sp³-hybridized carbons (Fsp3) is 1.00. The Labute approximate surface area is 43.0 Å². The van der Waals surface area contributed by atoms with Crippen LogP contribution in [-0.2, 0) is 3.53 Å². The van der Waals surface area contributed by atoms with Gasteiger partial charge in [0.25, 0.3) is 0 Å². The Morgan fingerprint density at radius 3 is 1.80 bits per heavy atom. The molecule has 0 rings (SSSR count). The molecule has 0 amide bonds. The van der Waals surface area contributed by atoms with Crippen molar-refractivity contribution in [2.75, 3.05) is 0 Å². The summed E-state index contributed by atoms with van der Waals surface area (Å²) < 4.78 is 4.94. The Balaban J connectivity index is 2.54. The fourth-order valence-electron chi connectivity index (χ4n) is 0. The van der Waals surface area contributed by atoms with Crippen LogP contribution in [0.3, 0.4) is 0 Å². The quantitative estimate of drug-likeness (QED) is 0.453. The fourth-order valence-corrected chi connectivity index (χ4v) is 0. The van der Waals surface area contributed by atoms with E-state index >= 15 is 0 Å². The molecule has 2 heteroatoms. The minimum absolute atomic E-state index is 0.468. The van der Waals surface area contributed by atoms with Crippen molar-refractivity contribution in [3.8, 4) is 0 Å². The summed E-state index contributed by atoms with van der Waals surface area (Å²) in [5, 5.41) is 0. The second-order valence-corrected chi connectivity index (χ2v) is 2.27. The monoisotopic (exact) mass is 130 g/mol. The van der Waals surface area contributed by atoms with Gasteiger partial charge in [-0.05, 0) is 0 Å². The first-order valence-electron chi connectivity index (χ1n) is 1.80. The van der Waals surface area contributed by atoms with Gasteiger partial charge in [0.1, 0.15) is 0 Å². The average molecular weight is 131 g/mol. The Kier molecular flexibility index (Phi) is 3.15. The zero-order valence-corrected chi connectivity index (χ0v) is 8.18. The van der Waals surface area contributed by atoms with E-state index in [1.807, 2.05) is 13.8 Å². The van der Waals surface area contributed by atoms with Crippen LogP contribution < -0.4 is 0 Å². The SMILES string of the molecule is CC(C)[O][GaH2]. The van der Waals surface area contributed by atoms with Crippen LogP contribution in [0.1, 0.15) is 13.8 Å². The standard InChI is InChI=1S/C3H7O.Ga.2H/c1-3(2)4;;;/h3H,1-2H3;;;/q-1;+1;;. The zero-order valence-electron chi connectivity index (χ0n) is 3.99. The third-order valence-corrected chi connectivity index (χ3v) is 2.45. The van der Waals surface area contributed by atoms with Crippen LogP contribution >= 0.6 is 0 Å². The molecule has 5 heavy (non-hydrogen) atoms. The first-order chi connectivity index (χ1) is 2.27. The number of hydrogen-bond donors (Lipinski definition) is 0. The van der Waals surface area contributed by atoms with E-state index in [1.165, 1.54) is 0 Å². The molecule has 0 unspecified atom stereocenters. The molecular weight excluding hydrogens is 122 g/mol.